The van der Waals surface area contributed by atoms with Crippen LogP contribution in [0.15, 0.2) is 54.3 Å². The van der Waals surface area contributed by atoms with Crippen LogP contribution in [0.25, 0.3) is 0 Å². The molecule has 30 heavy (non-hydrogen) atoms. The molecule has 1 unspecified atom stereocenters. The second-order valence-corrected chi connectivity index (χ2v) is 5.99. The van der Waals surface area contributed by atoms with E-state index < -0.39 is 34.4 Å². The van der Waals surface area contributed by atoms with Crippen LogP contribution >= 0.6 is 0 Å². The van der Waals surface area contributed by atoms with Crippen LogP contribution in [0.2, 0.25) is 0 Å². The van der Waals surface area contributed by atoms with Gasteiger partial charge < -0.3 is 19.9 Å². The molecule has 2 aromatic carbocycles. The Bertz CT molecular complexity index is 958. The number of nitrogens with one attached hydrogen (secondary N) is 1. The van der Waals surface area contributed by atoms with Gasteiger partial charge in [-0.2, -0.15) is 13.2 Å². The monoisotopic (exact) mass is 426 g/mol. The van der Waals surface area contributed by atoms with Gasteiger partial charge in [0.25, 0.3) is 5.69 Å². The van der Waals surface area contributed by atoms with E-state index >= 15 is 0 Å². The standard InChI is InChI=1S/C19H17F3N2O6/c1-11(17(29-2)10-18(25)26)30-14-6-4-13(5-7-14)23-15-8-3-12(19(20,21)22)9-16(15)24(27)28/h3-11,23H,1-2H3,(H,25,26)/b17-10-. The maximum absolute atomic E-state index is 12.8. The largest absolute Gasteiger partial charge is 0.497 e. The molecule has 2 aromatic rings. The Hall–Kier alpha value is -3.76. The number of nitrogens with zero attached hydrogens (tertiary/aromatic N) is 1. The quantitative estimate of drug-likeness (QED) is 0.271. The molecule has 0 spiro atoms. The first kappa shape index (κ1) is 22.5. The third kappa shape index (κ3) is 5.87. The molecule has 0 amide bonds. The normalized spacial score (nSPS) is 12.8. The summed E-state index contributed by atoms with van der Waals surface area (Å²) in [6.45, 7) is 1.58. The Morgan fingerprint density at radius 1 is 1.23 bits per heavy atom. The number of benzene rings is 2. The minimum Gasteiger partial charge on any atom is -0.497 e. The highest BCUT2D eigenvalue weighted by atomic mass is 19.4. The fourth-order valence-corrected chi connectivity index (χ4v) is 2.46. The molecule has 0 aliphatic carbocycles. The molecule has 0 fully saturated rings. The Kier molecular flexibility index (Phi) is 6.88. The van der Waals surface area contributed by atoms with Gasteiger partial charge in [0.15, 0.2) is 6.10 Å². The number of nitro groups is 1. The van der Waals surface area contributed by atoms with Crippen LogP contribution in [0.4, 0.5) is 30.2 Å². The molecular weight excluding hydrogens is 409 g/mol. The van der Waals surface area contributed by atoms with E-state index in [9.17, 15) is 28.1 Å². The van der Waals surface area contributed by atoms with E-state index in [2.05, 4.69) is 5.32 Å². The fraction of sp³-hybridized carbons (Fsp3) is 0.211. The zero-order valence-corrected chi connectivity index (χ0v) is 15.8. The van der Waals surface area contributed by atoms with Crippen molar-refractivity contribution in [3.05, 3.63) is 70.0 Å². The van der Waals surface area contributed by atoms with Crippen molar-refractivity contribution in [2.45, 2.75) is 19.2 Å². The maximum atomic E-state index is 12.8. The number of carboxylic acid groups (broad SMARTS) is 1. The number of halogens is 3. The number of carbonyl (C=O) groups is 1. The van der Waals surface area contributed by atoms with Gasteiger partial charge in [-0.3, -0.25) is 10.1 Å². The molecule has 0 aliphatic rings. The molecule has 160 valence electrons. The molecule has 2 N–H and O–H groups in total. The summed E-state index contributed by atoms with van der Waals surface area (Å²) in [7, 11) is 1.30. The number of nitro benzene ring substituents is 1. The number of ether oxygens (including phenoxy) is 2. The van der Waals surface area contributed by atoms with Gasteiger partial charge in [-0.25, -0.2) is 4.79 Å². The van der Waals surface area contributed by atoms with E-state index in [1.165, 1.54) is 31.4 Å². The van der Waals surface area contributed by atoms with Crippen molar-refractivity contribution in [1.82, 2.24) is 0 Å². The van der Waals surface area contributed by atoms with Crippen molar-refractivity contribution in [3.8, 4) is 5.75 Å². The molecule has 11 heteroatoms. The zero-order chi connectivity index (χ0) is 22.5. The number of alkyl halides is 3. The highest BCUT2D eigenvalue weighted by molar-refractivity contribution is 5.80. The van der Waals surface area contributed by atoms with E-state index in [0.717, 1.165) is 18.2 Å². The first-order valence-electron chi connectivity index (χ1n) is 8.39. The molecule has 0 heterocycles. The van der Waals surface area contributed by atoms with Crippen molar-refractivity contribution >= 4 is 23.0 Å². The highest BCUT2D eigenvalue weighted by Gasteiger charge is 2.33. The van der Waals surface area contributed by atoms with Crippen LogP contribution in [-0.2, 0) is 15.7 Å². The van der Waals surface area contributed by atoms with Crippen LogP contribution in [-0.4, -0.2) is 29.2 Å². The second-order valence-electron chi connectivity index (χ2n) is 5.99. The SMILES string of the molecule is CO/C(=C\C(=O)O)C(C)Oc1ccc(Nc2ccc(C(F)(F)F)cc2[N+](=O)[O-])cc1. The van der Waals surface area contributed by atoms with Gasteiger partial charge in [0.05, 0.1) is 23.7 Å². The summed E-state index contributed by atoms with van der Waals surface area (Å²) in [4.78, 5) is 21.0. The van der Waals surface area contributed by atoms with Gasteiger partial charge in [-0.05, 0) is 43.3 Å². The Labute approximate surface area is 168 Å². The van der Waals surface area contributed by atoms with Crippen LogP contribution in [0, 0.1) is 10.1 Å². The maximum Gasteiger partial charge on any atom is 0.416 e. The minimum absolute atomic E-state index is 0.0880. The Morgan fingerprint density at radius 2 is 1.87 bits per heavy atom. The second kappa shape index (κ2) is 9.16. The number of rotatable bonds is 8. The van der Waals surface area contributed by atoms with E-state index in [4.69, 9.17) is 14.6 Å². The lowest BCUT2D eigenvalue weighted by atomic mass is 10.1. The number of anilines is 2. The number of hydrogen-bond donors (Lipinski definition) is 2. The van der Waals surface area contributed by atoms with Crippen LogP contribution in [0.3, 0.4) is 0 Å². The Morgan fingerprint density at radius 3 is 2.37 bits per heavy atom. The first-order valence-corrected chi connectivity index (χ1v) is 8.39. The van der Waals surface area contributed by atoms with E-state index in [-0.39, 0.29) is 11.4 Å². The van der Waals surface area contributed by atoms with Crippen molar-refractivity contribution < 1.29 is 37.5 Å². The van der Waals surface area contributed by atoms with Crippen LogP contribution in [0.1, 0.15) is 12.5 Å². The topological polar surface area (TPSA) is 111 Å². The van der Waals surface area contributed by atoms with Gasteiger partial charge >= 0.3 is 12.1 Å². The van der Waals surface area contributed by atoms with Gasteiger partial charge in [-0.15, -0.1) is 0 Å². The predicted molar refractivity (Wildman–Crippen MR) is 101 cm³/mol. The summed E-state index contributed by atoms with van der Waals surface area (Å²) >= 11 is 0. The number of aliphatic carboxylic acids is 1. The Balaban J connectivity index is 2.18. The molecule has 0 radical (unpaired) electrons. The lowest BCUT2D eigenvalue weighted by Gasteiger charge is -2.17. The van der Waals surface area contributed by atoms with Crippen molar-refractivity contribution in [3.63, 3.8) is 0 Å². The zero-order valence-electron chi connectivity index (χ0n) is 15.8. The van der Waals surface area contributed by atoms with Gasteiger partial charge in [-0.1, -0.05) is 0 Å². The van der Waals surface area contributed by atoms with Crippen LogP contribution < -0.4 is 10.1 Å². The molecule has 0 aliphatic heterocycles. The lowest BCUT2D eigenvalue weighted by Crippen LogP contribution is -2.17. The average Bonchev–Trinajstić information content (AvgIpc) is 2.66. The number of hydrogen-bond acceptors (Lipinski definition) is 6. The third-order valence-corrected chi connectivity index (χ3v) is 3.87. The number of carboxylic acids is 1. The summed E-state index contributed by atoms with van der Waals surface area (Å²) in [5.74, 6) is -0.756. The third-order valence-electron chi connectivity index (χ3n) is 3.87. The van der Waals surface area contributed by atoms with Gasteiger partial charge in [0.1, 0.15) is 17.2 Å². The average molecular weight is 426 g/mol. The molecule has 0 saturated carbocycles. The molecular formula is C19H17F3N2O6. The minimum atomic E-state index is -4.70. The molecule has 0 bridgehead atoms. The number of methoxy groups -OCH3 is 1. The summed E-state index contributed by atoms with van der Waals surface area (Å²) in [5.41, 5.74) is -1.59. The molecule has 1 atom stereocenters. The predicted octanol–water partition coefficient (Wildman–Crippen LogP) is 4.74. The first-order chi connectivity index (χ1) is 14.0. The molecule has 0 saturated heterocycles. The summed E-state index contributed by atoms with van der Waals surface area (Å²) < 4.78 is 48.9. The summed E-state index contributed by atoms with van der Waals surface area (Å²) in [6, 6.07) is 8.19. The van der Waals surface area contributed by atoms with Crippen molar-refractivity contribution in [1.29, 1.82) is 0 Å². The summed E-state index contributed by atoms with van der Waals surface area (Å²) in [6.07, 6.45) is -4.54. The van der Waals surface area contributed by atoms with Gasteiger partial charge in [0, 0.05) is 11.8 Å². The van der Waals surface area contributed by atoms with E-state index in [1.54, 1.807) is 6.92 Å². The smallest absolute Gasteiger partial charge is 0.416 e. The molecule has 2 rings (SSSR count). The van der Waals surface area contributed by atoms with Crippen LogP contribution in [0.5, 0.6) is 5.75 Å². The van der Waals surface area contributed by atoms with E-state index in [0.29, 0.717) is 17.5 Å². The summed E-state index contributed by atoms with van der Waals surface area (Å²) in [5, 5.41) is 22.6. The van der Waals surface area contributed by atoms with E-state index in [1.807, 2.05) is 0 Å². The lowest BCUT2D eigenvalue weighted by molar-refractivity contribution is -0.384. The molecule has 8 nitrogen and oxygen atoms in total. The van der Waals surface area contributed by atoms with Crippen molar-refractivity contribution in [2.24, 2.45) is 0 Å². The van der Waals surface area contributed by atoms with Gasteiger partial charge in [0.2, 0.25) is 0 Å². The molecule has 0 aromatic heterocycles. The highest BCUT2D eigenvalue weighted by Crippen LogP contribution is 2.36. The van der Waals surface area contributed by atoms with Crippen molar-refractivity contribution in [2.75, 3.05) is 12.4 Å². The fourth-order valence-electron chi connectivity index (χ4n) is 2.46.